The molecular formula is C14H14ClF3N6O6S. The van der Waals surface area contributed by atoms with Gasteiger partial charge in [-0.2, -0.15) is 22.8 Å². The van der Waals surface area contributed by atoms with Crippen LogP contribution < -0.4 is 14.8 Å². The van der Waals surface area contributed by atoms with E-state index in [4.69, 9.17) is 25.8 Å². The zero-order valence-corrected chi connectivity index (χ0v) is 17.4. The summed E-state index contributed by atoms with van der Waals surface area (Å²) in [6.07, 6.45) is -4.29. The summed E-state index contributed by atoms with van der Waals surface area (Å²) in [6.45, 7) is 0. The van der Waals surface area contributed by atoms with Gasteiger partial charge in [0, 0.05) is 13.3 Å². The molecule has 3 heterocycles. The van der Waals surface area contributed by atoms with Crippen LogP contribution in [0.15, 0.2) is 28.1 Å². The maximum Gasteiger partial charge on any atom is 0.418 e. The van der Waals surface area contributed by atoms with E-state index in [1.54, 1.807) is 4.72 Å². The van der Waals surface area contributed by atoms with Gasteiger partial charge in [-0.3, -0.25) is 5.32 Å². The lowest BCUT2D eigenvalue weighted by Crippen LogP contribution is -2.42. The van der Waals surface area contributed by atoms with E-state index in [0.29, 0.717) is 10.7 Å². The van der Waals surface area contributed by atoms with Crippen molar-refractivity contribution in [2.24, 2.45) is 0 Å². The molecule has 2 aromatic rings. The van der Waals surface area contributed by atoms with E-state index < -0.39 is 49.4 Å². The largest absolute Gasteiger partial charge is 0.481 e. The maximum absolute atomic E-state index is 13.4. The molecule has 1 unspecified atom stereocenters. The molecule has 2 aromatic heterocycles. The molecule has 0 amide bonds. The minimum Gasteiger partial charge on any atom is -0.481 e. The minimum atomic E-state index is -5.04. The highest BCUT2D eigenvalue weighted by Gasteiger charge is 2.45. The monoisotopic (exact) mass is 486 g/mol. The lowest BCUT2D eigenvalue weighted by atomic mass is 10.2. The number of fused-ring (bicyclic) bond motifs is 1. The van der Waals surface area contributed by atoms with Crippen LogP contribution in [-0.4, -0.2) is 54.6 Å². The molecule has 3 rings (SSSR count). The molecule has 1 aliphatic rings. The lowest BCUT2D eigenvalue weighted by Gasteiger charge is -2.31. The van der Waals surface area contributed by atoms with E-state index in [2.05, 4.69) is 20.4 Å². The summed E-state index contributed by atoms with van der Waals surface area (Å²) in [6, 6.07) is 0.475. The SMILES string of the molecule is COC1=C(Cl)C(O)(OC)n2nc(NS(=O)(=O)c3c(C(F)(F)F)ccnc3OC)nc2N1. The number of nitrogens with zero attached hydrogens (tertiary/aromatic N) is 4. The Kier molecular flexibility index (Phi) is 5.68. The highest BCUT2D eigenvalue weighted by atomic mass is 35.5. The Balaban J connectivity index is 2.08. The second-order valence-electron chi connectivity index (χ2n) is 5.76. The van der Waals surface area contributed by atoms with Gasteiger partial charge in [0.1, 0.15) is 0 Å². The fraction of sp³-hybridized carbons (Fsp3) is 0.357. The number of hydrogen-bond donors (Lipinski definition) is 3. The lowest BCUT2D eigenvalue weighted by molar-refractivity contribution is -0.222. The third-order valence-electron chi connectivity index (χ3n) is 3.96. The molecule has 0 saturated carbocycles. The number of pyridine rings is 1. The molecule has 3 N–H and O–H groups in total. The average Bonchev–Trinajstić information content (AvgIpc) is 3.11. The van der Waals surface area contributed by atoms with Crippen LogP contribution in [0.25, 0.3) is 0 Å². The van der Waals surface area contributed by atoms with E-state index in [0.717, 1.165) is 20.4 Å². The molecule has 0 fully saturated rings. The van der Waals surface area contributed by atoms with E-state index in [1.807, 2.05) is 0 Å². The first-order valence-electron chi connectivity index (χ1n) is 7.98. The number of methoxy groups -OCH3 is 3. The molecule has 0 saturated heterocycles. The Hall–Kier alpha value is -2.82. The highest BCUT2D eigenvalue weighted by Crippen LogP contribution is 2.39. The number of aliphatic hydroxyl groups is 1. The van der Waals surface area contributed by atoms with Gasteiger partial charge in [0.15, 0.2) is 9.93 Å². The zero-order valence-electron chi connectivity index (χ0n) is 15.9. The molecular weight excluding hydrogens is 473 g/mol. The molecule has 1 aliphatic heterocycles. The summed E-state index contributed by atoms with van der Waals surface area (Å²) in [4.78, 5) is 6.01. The van der Waals surface area contributed by atoms with Crippen LogP contribution in [0.3, 0.4) is 0 Å². The van der Waals surface area contributed by atoms with E-state index in [-0.39, 0.29) is 11.8 Å². The predicted molar refractivity (Wildman–Crippen MR) is 97.3 cm³/mol. The summed E-state index contributed by atoms with van der Waals surface area (Å²) in [7, 11) is -1.74. The fourth-order valence-corrected chi connectivity index (χ4v) is 4.14. The molecule has 17 heteroatoms. The van der Waals surface area contributed by atoms with Crippen LogP contribution in [0.1, 0.15) is 5.56 Å². The molecule has 0 spiro atoms. The maximum atomic E-state index is 13.4. The number of aromatic nitrogens is 4. The van der Waals surface area contributed by atoms with Gasteiger partial charge < -0.3 is 19.3 Å². The van der Waals surface area contributed by atoms with Crippen LogP contribution in [0.2, 0.25) is 0 Å². The molecule has 0 radical (unpaired) electrons. The number of anilines is 2. The van der Waals surface area contributed by atoms with Gasteiger partial charge in [0.05, 0.1) is 19.8 Å². The quantitative estimate of drug-likeness (QED) is 0.509. The number of ether oxygens (including phenoxy) is 3. The molecule has 170 valence electrons. The number of alkyl halides is 3. The van der Waals surface area contributed by atoms with Crippen molar-refractivity contribution in [3.05, 3.63) is 28.7 Å². The molecule has 12 nitrogen and oxygen atoms in total. The summed E-state index contributed by atoms with van der Waals surface area (Å²) in [5.41, 5.74) is -1.52. The normalized spacial score (nSPS) is 19.0. The topological polar surface area (TPSA) is 150 Å². The van der Waals surface area contributed by atoms with Gasteiger partial charge in [-0.05, 0) is 6.07 Å². The van der Waals surface area contributed by atoms with Crippen LogP contribution in [0, 0.1) is 0 Å². The van der Waals surface area contributed by atoms with E-state index in [1.165, 1.54) is 7.11 Å². The molecule has 0 bridgehead atoms. The van der Waals surface area contributed by atoms with Crippen molar-refractivity contribution in [3.8, 4) is 5.88 Å². The van der Waals surface area contributed by atoms with Crippen molar-refractivity contribution in [3.63, 3.8) is 0 Å². The predicted octanol–water partition coefficient (Wildman–Crippen LogP) is 1.23. The van der Waals surface area contributed by atoms with Gasteiger partial charge in [-0.1, -0.05) is 11.6 Å². The van der Waals surface area contributed by atoms with Gasteiger partial charge in [-0.25, -0.2) is 18.1 Å². The third kappa shape index (κ3) is 3.82. The molecule has 31 heavy (non-hydrogen) atoms. The van der Waals surface area contributed by atoms with Crippen molar-refractivity contribution < 1.29 is 40.9 Å². The fourth-order valence-electron chi connectivity index (χ4n) is 2.59. The van der Waals surface area contributed by atoms with Crippen LogP contribution in [-0.2, 0) is 31.6 Å². The van der Waals surface area contributed by atoms with Crippen molar-refractivity contribution in [1.29, 1.82) is 0 Å². The third-order valence-corrected chi connectivity index (χ3v) is 5.76. The first kappa shape index (κ1) is 22.9. The van der Waals surface area contributed by atoms with Gasteiger partial charge >= 0.3 is 12.1 Å². The van der Waals surface area contributed by atoms with Crippen LogP contribution >= 0.6 is 11.6 Å². The number of sulfonamides is 1. The van der Waals surface area contributed by atoms with Crippen molar-refractivity contribution in [1.82, 2.24) is 19.7 Å². The average molecular weight is 487 g/mol. The Morgan fingerprint density at radius 1 is 1.29 bits per heavy atom. The van der Waals surface area contributed by atoms with Crippen molar-refractivity contribution in [2.75, 3.05) is 31.4 Å². The Bertz CT molecular complexity index is 1150. The van der Waals surface area contributed by atoms with E-state index >= 15 is 0 Å². The smallest absolute Gasteiger partial charge is 0.418 e. The molecule has 1 atom stereocenters. The Morgan fingerprint density at radius 3 is 2.52 bits per heavy atom. The zero-order chi connectivity index (χ0) is 23.2. The summed E-state index contributed by atoms with van der Waals surface area (Å²) in [5.74, 6) is -4.44. The van der Waals surface area contributed by atoms with Crippen LogP contribution in [0.4, 0.5) is 25.1 Å². The van der Waals surface area contributed by atoms with Gasteiger partial charge in [-0.15, -0.1) is 5.10 Å². The number of nitrogens with one attached hydrogen (secondary N) is 2. The summed E-state index contributed by atoms with van der Waals surface area (Å²) >= 11 is 6.01. The summed E-state index contributed by atoms with van der Waals surface area (Å²) < 4.78 is 82.7. The second kappa shape index (κ2) is 7.70. The standard InChI is InChI=1S/C14H14ClF3N6O6S/c1-28-9-7(6(4-5-19-9)13(16,17)18)31(26,27)23-11-21-12-20-10(29-2)8(15)14(25,30-3)24(12)22-11/h4-5,25H,1-3H3,(H2,20,21,22,23). The van der Waals surface area contributed by atoms with Crippen LogP contribution in [0.5, 0.6) is 5.88 Å². The molecule has 0 aromatic carbocycles. The van der Waals surface area contributed by atoms with Gasteiger partial charge in [0.2, 0.25) is 17.7 Å². The first-order valence-corrected chi connectivity index (χ1v) is 9.84. The Labute approximate surface area is 177 Å². The Morgan fingerprint density at radius 2 is 1.97 bits per heavy atom. The van der Waals surface area contributed by atoms with E-state index in [9.17, 15) is 26.7 Å². The first-order chi connectivity index (χ1) is 14.4. The summed E-state index contributed by atoms with van der Waals surface area (Å²) in [5, 5.41) is 16.5. The van der Waals surface area contributed by atoms with Crippen molar-refractivity contribution >= 4 is 33.5 Å². The second-order valence-corrected chi connectivity index (χ2v) is 7.75. The number of hydrogen-bond acceptors (Lipinski definition) is 10. The van der Waals surface area contributed by atoms with Crippen molar-refractivity contribution in [2.45, 2.75) is 17.0 Å². The van der Waals surface area contributed by atoms with Gasteiger partial charge in [0.25, 0.3) is 16.0 Å². The highest BCUT2D eigenvalue weighted by molar-refractivity contribution is 7.92. The molecule has 0 aliphatic carbocycles. The number of halogens is 4. The number of rotatable bonds is 6. The minimum absolute atomic E-state index is 0.186.